The molecule has 0 radical (unpaired) electrons. The van der Waals surface area contributed by atoms with Crippen molar-refractivity contribution in [3.8, 4) is 11.5 Å². The normalized spacial score (nSPS) is 17.4. The highest BCUT2D eigenvalue weighted by Gasteiger charge is 2.37. The monoisotopic (exact) mass is 388 g/mol. The number of nitrogens with zero attached hydrogens (tertiary/aromatic N) is 3. The highest BCUT2D eigenvalue weighted by atomic mass is 32.2. The van der Waals surface area contributed by atoms with Crippen molar-refractivity contribution < 1.29 is 14.3 Å². The molecule has 7 nitrogen and oxygen atoms in total. The van der Waals surface area contributed by atoms with Crippen molar-refractivity contribution >= 4 is 23.4 Å². The number of carbonyl (C=O) groups is 1. The average molecular weight is 388 g/mol. The number of anilines is 1. The molecule has 0 aliphatic heterocycles. The number of hydrogen-bond donors (Lipinski definition) is 1. The minimum atomic E-state index is -0.285. The molecule has 0 unspecified atom stereocenters. The zero-order valence-electron chi connectivity index (χ0n) is 15.8. The van der Waals surface area contributed by atoms with Crippen LogP contribution in [0.15, 0.2) is 23.4 Å². The van der Waals surface area contributed by atoms with Crippen LogP contribution in [-0.2, 0) is 4.79 Å². The number of amides is 1. The summed E-state index contributed by atoms with van der Waals surface area (Å²) < 4.78 is 12.8. The molecule has 1 atom stereocenters. The van der Waals surface area contributed by atoms with Crippen molar-refractivity contribution in [2.45, 2.75) is 55.0 Å². The molecule has 144 valence electrons. The number of aromatic nitrogens is 3. The lowest BCUT2D eigenvalue weighted by Gasteiger charge is -2.14. The van der Waals surface area contributed by atoms with Gasteiger partial charge >= 0.3 is 0 Å². The summed E-state index contributed by atoms with van der Waals surface area (Å²) in [5, 5.41) is 12.3. The summed E-state index contributed by atoms with van der Waals surface area (Å²) in [7, 11) is 3.16. The van der Waals surface area contributed by atoms with E-state index < -0.39 is 0 Å². The van der Waals surface area contributed by atoms with Gasteiger partial charge in [0.2, 0.25) is 5.91 Å². The summed E-state index contributed by atoms with van der Waals surface area (Å²) in [5.41, 5.74) is 0.674. The first-order chi connectivity index (χ1) is 13.1. The maximum Gasteiger partial charge on any atom is 0.237 e. The molecule has 2 fully saturated rings. The van der Waals surface area contributed by atoms with Gasteiger partial charge in [-0.25, -0.2) is 0 Å². The van der Waals surface area contributed by atoms with Crippen LogP contribution in [0.25, 0.3) is 0 Å². The third-order valence-electron chi connectivity index (χ3n) is 4.85. The quantitative estimate of drug-likeness (QED) is 0.696. The summed E-state index contributed by atoms with van der Waals surface area (Å²) in [5.74, 6) is 2.79. The van der Waals surface area contributed by atoms with E-state index in [1.54, 1.807) is 32.4 Å². The van der Waals surface area contributed by atoms with E-state index >= 15 is 0 Å². The second-order valence-electron chi connectivity index (χ2n) is 7.04. The van der Waals surface area contributed by atoms with E-state index in [4.69, 9.17) is 9.47 Å². The molecule has 2 aliphatic rings. The van der Waals surface area contributed by atoms with Crippen molar-refractivity contribution in [1.29, 1.82) is 0 Å². The predicted molar refractivity (Wildman–Crippen MR) is 104 cm³/mol. The standard InChI is InChI=1S/C19H24N4O3S/c1-11(18(24)20-13-6-9-15(25-2)16(10-13)26-3)27-19-22-21-17(12-4-5-12)23(19)14-7-8-14/h6,9-12,14H,4-5,7-8H2,1-3H3,(H,20,24)/t11-/m0/s1. The van der Waals surface area contributed by atoms with Gasteiger partial charge in [-0.15, -0.1) is 10.2 Å². The molecular weight excluding hydrogens is 364 g/mol. The predicted octanol–water partition coefficient (Wildman–Crippen LogP) is 3.63. The van der Waals surface area contributed by atoms with Crippen LogP contribution < -0.4 is 14.8 Å². The van der Waals surface area contributed by atoms with E-state index in [9.17, 15) is 4.79 Å². The molecule has 2 aromatic rings. The lowest BCUT2D eigenvalue weighted by atomic mass is 10.2. The Morgan fingerprint density at radius 3 is 2.56 bits per heavy atom. The van der Waals surface area contributed by atoms with Crippen LogP contribution in [0.5, 0.6) is 11.5 Å². The Morgan fingerprint density at radius 1 is 1.19 bits per heavy atom. The molecule has 1 aromatic heterocycles. The summed E-state index contributed by atoms with van der Waals surface area (Å²) in [6.07, 6.45) is 4.75. The first-order valence-corrected chi connectivity index (χ1v) is 10.1. The lowest BCUT2D eigenvalue weighted by Crippen LogP contribution is -2.23. The molecule has 0 saturated heterocycles. The van der Waals surface area contributed by atoms with Gasteiger partial charge in [-0.2, -0.15) is 0 Å². The molecule has 1 aromatic carbocycles. The zero-order chi connectivity index (χ0) is 19.0. The molecule has 2 aliphatic carbocycles. The number of benzene rings is 1. The van der Waals surface area contributed by atoms with Crippen LogP contribution in [0.3, 0.4) is 0 Å². The van der Waals surface area contributed by atoms with Gasteiger partial charge in [0.1, 0.15) is 5.82 Å². The Bertz CT molecular complexity index is 845. The van der Waals surface area contributed by atoms with Crippen LogP contribution in [0.4, 0.5) is 5.69 Å². The molecule has 1 amide bonds. The number of ether oxygens (including phenoxy) is 2. The molecule has 27 heavy (non-hydrogen) atoms. The largest absolute Gasteiger partial charge is 0.493 e. The molecule has 1 N–H and O–H groups in total. The summed E-state index contributed by atoms with van der Waals surface area (Å²) in [4.78, 5) is 12.7. The maximum absolute atomic E-state index is 12.7. The van der Waals surface area contributed by atoms with Gasteiger partial charge in [-0.05, 0) is 44.7 Å². The Hall–Kier alpha value is -2.22. The molecule has 0 spiro atoms. The van der Waals surface area contributed by atoms with Gasteiger partial charge in [0, 0.05) is 23.7 Å². The van der Waals surface area contributed by atoms with Crippen LogP contribution in [0.2, 0.25) is 0 Å². The number of hydrogen-bond acceptors (Lipinski definition) is 6. The van der Waals surface area contributed by atoms with Gasteiger partial charge in [-0.3, -0.25) is 4.79 Å². The topological polar surface area (TPSA) is 78.3 Å². The van der Waals surface area contributed by atoms with Gasteiger partial charge < -0.3 is 19.4 Å². The zero-order valence-corrected chi connectivity index (χ0v) is 16.6. The lowest BCUT2D eigenvalue weighted by molar-refractivity contribution is -0.115. The van der Waals surface area contributed by atoms with Gasteiger partial charge in [0.15, 0.2) is 16.7 Å². The van der Waals surface area contributed by atoms with E-state index in [0.29, 0.717) is 29.1 Å². The third-order valence-corrected chi connectivity index (χ3v) is 5.90. The minimum Gasteiger partial charge on any atom is -0.493 e. The Labute approximate surface area is 162 Å². The molecule has 4 rings (SSSR count). The van der Waals surface area contributed by atoms with Gasteiger partial charge in [0.05, 0.1) is 19.5 Å². The molecule has 8 heteroatoms. The molecule has 1 heterocycles. The minimum absolute atomic E-state index is 0.0782. The van der Waals surface area contributed by atoms with Crippen molar-refractivity contribution in [1.82, 2.24) is 14.8 Å². The first kappa shape index (κ1) is 18.2. The second kappa shape index (κ2) is 7.42. The van der Waals surface area contributed by atoms with E-state index in [1.165, 1.54) is 37.4 Å². The Kier molecular flexibility index (Phi) is 4.99. The van der Waals surface area contributed by atoms with E-state index in [0.717, 1.165) is 11.0 Å². The number of nitrogens with one attached hydrogen (secondary N) is 1. The van der Waals surface area contributed by atoms with Crippen LogP contribution >= 0.6 is 11.8 Å². The third kappa shape index (κ3) is 3.90. The summed E-state index contributed by atoms with van der Waals surface area (Å²) >= 11 is 1.47. The van der Waals surface area contributed by atoms with Crippen LogP contribution in [0.1, 0.15) is 50.4 Å². The molecular formula is C19H24N4O3S. The summed E-state index contributed by atoms with van der Waals surface area (Å²) in [6.45, 7) is 1.89. The highest BCUT2D eigenvalue weighted by molar-refractivity contribution is 8.00. The number of carbonyl (C=O) groups excluding carboxylic acids is 1. The SMILES string of the molecule is COc1ccc(NC(=O)[C@H](C)Sc2nnc(C3CC3)n2C2CC2)cc1OC. The van der Waals surface area contributed by atoms with Crippen molar-refractivity contribution in [2.75, 3.05) is 19.5 Å². The number of rotatable bonds is 8. The Morgan fingerprint density at radius 2 is 1.93 bits per heavy atom. The number of thioether (sulfide) groups is 1. The first-order valence-electron chi connectivity index (χ1n) is 9.25. The van der Waals surface area contributed by atoms with Crippen molar-refractivity contribution in [3.05, 3.63) is 24.0 Å². The summed E-state index contributed by atoms with van der Waals surface area (Å²) in [6, 6.07) is 5.84. The molecule has 2 saturated carbocycles. The van der Waals surface area contributed by atoms with Crippen LogP contribution in [-0.4, -0.2) is 40.1 Å². The molecule has 0 bridgehead atoms. The van der Waals surface area contributed by atoms with Gasteiger partial charge in [0.25, 0.3) is 0 Å². The van der Waals surface area contributed by atoms with E-state index in [-0.39, 0.29) is 11.2 Å². The second-order valence-corrected chi connectivity index (χ2v) is 8.34. The average Bonchev–Trinajstić information content (AvgIpc) is 3.60. The van der Waals surface area contributed by atoms with E-state index in [2.05, 4.69) is 20.1 Å². The van der Waals surface area contributed by atoms with Gasteiger partial charge in [-0.1, -0.05) is 11.8 Å². The highest BCUT2D eigenvalue weighted by Crippen LogP contribution is 2.46. The fourth-order valence-corrected chi connectivity index (χ4v) is 3.96. The smallest absolute Gasteiger partial charge is 0.237 e. The van der Waals surface area contributed by atoms with Crippen molar-refractivity contribution in [3.63, 3.8) is 0 Å². The fourth-order valence-electron chi connectivity index (χ4n) is 3.03. The number of methoxy groups -OCH3 is 2. The Balaban J connectivity index is 1.44. The maximum atomic E-state index is 12.7. The van der Waals surface area contributed by atoms with Crippen LogP contribution in [0, 0.1) is 0 Å². The van der Waals surface area contributed by atoms with Crippen molar-refractivity contribution in [2.24, 2.45) is 0 Å². The van der Waals surface area contributed by atoms with E-state index in [1.807, 2.05) is 6.92 Å². The fraction of sp³-hybridized carbons (Fsp3) is 0.526.